The topological polar surface area (TPSA) is 101 Å². The van der Waals surface area contributed by atoms with Crippen molar-refractivity contribution in [1.82, 2.24) is 4.90 Å². The van der Waals surface area contributed by atoms with E-state index in [-0.39, 0.29) is 16.8 Å². The SMILES string of the molecule is CN(C)/C=C(/C#N)C(N)=C(C#N)C#N. The van der Waals surface area contributed by atoms with E-state index in [0.717, 1.165) is 0 Å². The van der Waals surface area contributed by atoms with E-state index in [0.29, 0.717) is 0 Å². The van der Waals surface area contributed by atoms with Crippen LogP contribution in [0.3, 0.4) is 0 Å². The van der Waals surface area contributed by atoms with Gasteiger partial charge >= 0.3 is 0 Å². The second-order valence-electron chi connectivity index (χ2n) is 2.63. The summed E-state index contributed by atoms with van der Waals surface area (Å²) in [5.41, 5.74) is 5.22. The fourth-order valence-electron chi connectivity index (χ4n) is 0.697. The van der Waals surface area contributed by atoms with Crippen LogP contribution in [0.5, 0.6) is 0 Å². The average Bonchev–Trinajstić information content (AvgIpc) is 2.15. The lowest BCUT2D eigenvalue weighted by Crippen LogP contribution is -2.09. The van der Waals surface area contributed by atoms with Crippen LogP contribution < -0.4 is 5.73 Å². The molecule has 0 aliphatic heterocycles. The molecule has 0 atom stereocenters. The van der Waals surface area contributed by atoms with E-state index in [2.05, 4.69) is 0 Å². The highest BCUT2D eigenvalue weighted by atomic mass is 15.0. The van der Waals surface area contributed by atoms with Gasteiger partial charge in [-0.1, -0.05) is 0 Å². The maximum atomic E-state index is 8.71. The van der Waals surface area contributed by atoms with Crippen LogP contribution in [0.15, 0.2) is 23.0 Å². The predicted molar refractivity (Wildman–Crippen MR) is 49.8 cm³/mol. The van der Waals surface area contributed by atoms with Crippen LogP contribution in [0, 0.1) is 34.0 Å². The molecule has 5 nitrogen and oxygen atoms in total. The third kappa shape index (κ3) is 2.89. The molecule has 0 bridgehead atoms. The average molecular weight is 187 g/mol. The third-order valence-electron chi connectivity index (χ3n) is 1.29. The van der Waals surface area contributed by atoms with Gasteiger partial charge in [0.1, 0.15) is 18.2 Å². The highest BCUT2D eigenvalue weighted by Crippen LogP contribution is 2.08. The molecule has 0 aliphatic carbocycles. The van der Waals surface area contributed by atoms with Crippen molar-refractivity contribution in [3.05, 3.63) is 23.0 Å². The van der Waals surface area contributed by atoms with Crippen molar-refractivity contribution in [2.75, 3.05) is 14.1 Å². The van der Waals surface area contributed by atoms with E-state index in [1.165, 1.54) is 6.20 Å². The summed E-state index contributed by atoms with van der Waals surface area (Å²) >= 11 is 0. The standard InChI is InChI=1S/C9H9N5/c1-14(2)6-8(5-12)9(13)7(3-10)4-11/h6H,13H2,1-2H3/b8-6-. The van der Waals surface area contributed by atoms with Gasteiger partial charge in [-0.2, -0.15) is 15.8 Å². The van der Waals surface area contributed by atoms with E-state index in [4.69, 9.17) is 21.5 Å². The molecule has 0 aromatic rings. The van der Waals surface area contributed by atoms with Gasteiger partial charge in [0.2, 0.25) is 0 Å². The minimum atomic E-state index is -0.250. The van der Waals surface area contributed by atoms with Crippen molar-refractivity contribution in [3.63, 3.8) is 0 Å². The molecular formula is C9H9N5. The summed E-state index contributed by atoms with van der Waals surface area (Å²) in [6.07, 6.45) is 1.45. The molecule has 2 N–H and O–H groups in total. The van der Waals surface area contributed by atoms with E-state index in [1.54, 1.807) is 31.1 Å². The Morgan fingerprint density at radius 1 is 1.14 bits per heavy atom. The van der Waals surface area contributed by atoms with Crippen LogP contribution in [-0.2, 0) is 0 Å². The first-order valence-corrected chi connectivity index (χ1v) is 3.65. The van der Waals surface area contributed by atoms with Gasteiger partial charge in [0.25, 0.3) is 0 Å². The minimum Gasteiger partial charge on any atom is -0.396 e. The lowest BCUT2D eigenvalue weighted by atomic mass is 10.1. The fraction of sp³-hybridized carbons (Fsp3) is 0.222. The molecule has 0 aliphatic rings. The predicted octanol–water partition coefficient (Wildman–Crippen LogP) is 0.215. The second kappa shape index (κ2) is 5.24. The van der Waals surface area contributed by atoms with Crippen LogP contribution >= 0.6 is 0 Å². The maximum Gasteiger partial charge on any atom is 0.153 e. The summed E-state index contributed by atoms with van der Waals surface area (Å²) in [5.74, 6) is 0. The van der Waals surface area contributed by atoms with Gasteiger partial charge in [0.15, 0.2) is 5.57 Å². The molecule has 0 rings (SSSR count). The zero-order valence-electron chi connectivity index (χ0n) is 7.94. The summed E-state index contributed by atoms with van der Waals surface area (Å²) in [7, 11) is 3.42. The molecule has 0 saturated carbocycles. The molecule has 0 fully saturated rings. The zero-order chi connectivity index (χ0) is 11.1. The first kappa shape index (κ1) is 11.6. The van der Waals surface area contributed by atoms with Crippen molar-refractivity contribution in [2.45, 2.75) is 0 Å². The zero-order valence-corrected chi connectivity index (χ0v) is 7.94. The van der Waals surface area contributed by atoms with Gasteiger partial charge in [0.05, 0.1) is 11.3 Å². The molecule has 5 heteroatoms. The molecule has 14 heavy (non-hydrogen) atoms. The van der Waals surface area contributed by atoms with Gasteiger partial charge < -0.3 is 10.6 Å². The van der Waals surface area contributed by atoms with Crippen LogP contribution in [0.1, 0.15) is 0 Å². The van der Waals surface area contributed by atoms with E-state index in [1.807, 2.05) is 6.07 Å². The lowest BCUT2D eigenvalue weighted by Gasteiger charge is -2.06. The van der Waals surface area contributed by atoms with E-state index >= 15 is 0 Å². The summed E-state index contributed by atoms with van der Waals surface area (Å²) < 4.78 is 0. The number of nitrogens with zero attached hydrogens (tertiary/aromatic N) is 4. The van der Waals surface area contributed by atoms with E-state index < -0.39 is 0 Å². The Bertz CT molecular complexity index is 378. The Morgan fingerprint density at radius 2 is 1.64 bits per heavy atom. The van der Waals surface area contributed by atoms with Crippen molar-refractivity contribution >= 4 is 0 Å². The van der Waals surface area contributed by atoms with Crippen molar-refractivity contribution in [1.29, 1.82) is 15.8 Å². The normalized spacial score (nSPS) is 9.21. The van der Waals surface area contributed by atoms with Crippen LogP contribution in [0.4, 0.5) is 0 Å². The summed E-state index contributed by atoms with van der Waals surface area (Å²) in [6.45, 7) is 0. The van der Waals surface area contributed by atoms with Gasteiger partial charge in [-0.05, 0) is 0 Å². The number of nitrogens with two attached hydrogens (primary N) is 1. The smallest absolute Gasteiger partial charge is 0.153 e. The fourth-order valence-corrected chi connectivity index (χ4v) is 0.697. The van der Waals surface area contributed by atoms with Crippen molar-refractivity contribution in [3.8, 4) is 18.2 Å². The summed E-state index contributed by atoms with van der Waals surface area (Å²) in [4.78, 5) is 1.61. The Kier molecular flexibility index (Phi) is 4.32. The third-order valence-corrected chi connectivity index (χ3v) is 1.29. The van der Waals surface area contributed by atoms with Gasteiger partial charge in [-0.3, -0.25) is 0 Å². The second-order valence-corrected chi connectivity index (χ2v) is 2.63. The molecule has 0 unspecified atom stereocenters. The first-order chi connectivity index (χ1) is 6.56. The van der Waals surface area contributed by atoms with Crippen molar-refractivity contribution in [2.24, 2.45) is 5.73 Å². The minimum absolute atomic E-state index is 0.0915. The highest BCUT2D eigenvalue weighted by Gasteiger charge is 2.07. The maximum absolute atomic E-state index is 8.71. The molecule has 0 radical (unpaired) electrons. The summed E-state index contributed by atoms with van der Waals surface area (Å²) in [6, 6.07) is 5.06. The van der Waals surface area contributed by atoms with Crippen molar-refractivity contribution < 1.29 is 0 Å². The number of nitriles is 3. The number of rotatable bonds is 2. The van der Waals surface area contributed by atoms with Crippen LogP contribution in [0.25, 0.3) is 0 Å². The lowest BCUT2D eigenvalue weighted by molar-refractivity contribution is 0.560. The molecule has 0 aromatic carbocycles. The molecule has 0 amide bonds. The number of hydrogen-bond donors (Lipinski definition) is 1. The molecule has 70 valence electrons. The number of allylic oxidation sites excluding steroid dienone is 2. The monoisotopic (exact) mass is 187 g/mol. The molecule has 0 aromatic heterocycles. The van der Waals surface area contributed by atoms with Crippen LogP contribution in [0.2, 0.25) is 0 Å². The Balaban J connectivity index is 5.34. The largest absolute Gasteiger partial charge is 0.396 e. The quantitative estimate of drug-likeness (QED) is 0.492. The van der Waals surface area contributed by atoms with Crippen LogP contribution in [-0.4, -0.2) is 19.0 Å². The first-order valence-electron chi connectivity index (χ1n) is 3.65. The molecule has 0 spiro atoms. The Labute approximate surface area is 82.6 Å². The highest BCUT2D eigenvalue weighted by molar-refractivity contribution is 5.51. The molecule has 0 saturated heterocycles. The number of hydrogen-bond acceptors (Lipinski definition) is 5. The van der Waals surface area contributed by atoms with Gasteiger partial charge in [-0.15, -0.1) is 0 Å². The summed E-state index contributed by atoms with van der Waals surface area (Å²) in [5, 5.41) is 25.7. The Hall–Kier alpha value is -2.45. The molecular weight excluding hydrogens is 178 g/mol. The Morgan fingerprint density at radius 3 is 1.93 bits per heavy atom. The van der Waals surface area contributed by atoms with E-state index in [9.17, 15) is 0 Å². The molecule has 0 heterocycles. The van der Waals surface area contributed by atoms with Gasteiger partial charge in [0, 0.05) is 20.3 Å². The van der Waals surface area contributed by atoms with Gasteiger partial charge in [-0.25, -0.2) is 0 Å².